The van der Waals surface area contributed by atoms with Crippen LogP contribution in [0, 0.1) is 0 Å². The molecule has 0 saturated heterocycles. The molecule has 0 amide bonds. The first-order chi connectivity index (χ1) is 7.52. The highest BCUT2D eigenvalue weighted by atomic mass is 35.5. The fourth-order valence-electron chi connectivity index (χ4n) is 1.87. The van der Waals surface area contributed by atoms with Gasteiger partial charge in [0.2, 0.25) is 0 Å². The normalized spacial score (nSPS) is 18.9. The maximum absolute atomic E-state index is 12.5. The minimum absolute atomic E-state index is 0. The lowest BCUT2D eigenvalue weighted by Gasteiger charge is -2.26. The first-order valence-electron chi connectivity index (χ1n) is 5.03. The Morgan fingerprint density at radius 3 is 2.65 bits per heavy atom. The molecular formula is C11H13ClF3NO. The molecule has 1 N–H and O–H groups in total. The third-order valence-electron chi connectivity index (χ3n) is 2.73. The van der Waals surface area contributed by atoms with Crippen LogP contribution in [0.15, 0.2) is 18.2 Å². The average Bonchev–Trinajstić information content (AvgIpc) is 2.26. The third kappa shape index (κ3) is 2.84. The van der Waals surface area contributed by atoms with Crippen LogP contribution in [0.3, 0.4) is 0 Å². The first kappa shape index (κ1) is 14.1. The van der Waals surface area contributed by atoms with Gasteiger partial charge in [-0.2, -0.15) is 13.2 Å². The molecule has 2 rings (SSSR count). The summed E-state index contributed by atoms with van der Waals surface area (Å²) in [6.07, 6.45) is -3.54. The number of halogens is 4. The molecule has 1 aliphatic heterocycles. The molecule has 0 fully saturated rings. The summed E-state index contributed by atoms with van der Waals surface area (Å²) in [5.41, 5.74) is 0.129. The molecule has 0 saturated carbocycles. The Labute approximate surface area is 104 Å². The predicted molar refractivity (Wildman–Crippen MR) is 60.6 cm³/mol. The van der Waals surface area contributed by atoms with Gasteiger partial charge >= 0.3 is 6.18 Å². The van der Waals surface area contributed by atoms with Crippen molar-refractivity contribution in [2.45, 2.75) is 18.6 Å². The van der Waals surface area contributed by atoms with Crippen molar-refractivity contribution in [3.8, 4) is 5.75 Å². The van der Waals surface area contributed by atoms with E-state index in [9.17, 15) is 13.2 Å². The lowest BCUT2D eigenvalue weighted by Crippen LogP contribution is -2.24. The van der Waals surface area contributed by atoms with Crippen molar-refractivity contribution in [2.24, 2.45) is 0 Å². The van der Waals surface area contributed by atoms with Gasteiger partial charge in [0, 0.05) is 18.0 Å². The van der Waals surface area contributed by atoms with Gasteiger partial charge in [0.1, 0.15) is 5.75 Å². The van der Waals surface area contributed by atoms with Gasteiger partial charge in [0.25, 0.3) is 0 Å². The van der Waals surface area contributed by atoms with Gasteiger partial charge in [-0.1, -0.05) is 6.07 Å². The summed E-state index contributed by atoms with van der Waals surface area (Å²) in [7, 11) is 1.79. The molecule has 1 aromatic carbocycles. The summed E-state index contributed by atoms with van der Waals surface area (Å²) >= 11 is 0. The van der Waals surface area contributed by atoms with Crippen LogP contribution in [0.25, 0.3) is 0 Å². The minimum atomic E-state index is -4.31. The SMILES string of the molecule is CN[C@@H]1CCOc2cc(C(F)(F)F)ccc21.Cl. The highest BCUT2D eigenvalue weighted by Gasteiger charge is 2.32. The summed E-state index contributed by atoms with van der Waals surface area (Å²) in [6, 6.07) is 3.72. The van der Waals surface area contributed by atoms with Crippen LogP contribution < -0.4 is 10.1 Å². The Morgan fingerprint density at radius 1 is 1.35 bits per heavy atom. The van der Waals surface area contributed by atoms with E-state index < -0.39 is 11.7 Å². The lowest BCUT2D eigenvalue weighted by atomic mass is 9.99. The molecule has 2 nitrogen and oxygen atoms in total. The Morgan fingerprint density at radius 2 is 2.06 bits per heavy atom. The van der Waals surface area contributed by atoms with Crippen LogP contribution in [0.1, 0.15) is 23.6 Å². The number of fused-ring (bicyclic) bond motifs is 1. The van der Waals surface area contributed by atoms with Gasteiger partial charge in [0.15, 0.2) is 0 Å². The van der Waals surface area contributed by atoms with Crippen molar-refractivity contribution < 1.29 is 17.9 Å². The largest absolute Gasteiger partial charge is 0.493 e. The zero-order valence-electron chi connectivity index (χ0n) is 9.17. The highest BCUT2D eigenvalue weighted by Crippen LogP contribution is 2.37. The molecule has 96 valence electrons. The van der Waals surface area contributed by atoms with E-state index in [1.54, 1.807) is 7.05 Å². The molecular weight excluding hydrogens is 255 g/mol. The highest BCUT2D eigenvalue weighted by molar-refractivity contribution is 5.85. The lowest BCUT2D eigenvalue weighted by molar-refractivity contribution is -0.137. The van der Waals surface area contributed by atoms with E-state index in [1.807, 2.05) is 0 Å². The summed E-state index contributed by atoms with van der Waals surface area (Å²) in [5, 5.41) is 3.06. The number of hydrogen-bond acceptors (Lipinski definition) is 2. The van der Waals surface area contributed by atoms with E-state index in [2.05, 4.69) is 5.32 Å². The zero-order valence-corrected chi connectivity index (χ0v) is 9.99. The molecule has 0 radical (unpaired) electrons. The number of ether oxygens (including phenoxy) is 1. The van der Waals surface area contributed by atoms with Crippen molar-refractivity contribution in [3.05, 3.63) is 29.3 Å². The molecule has 1 aromatic rings. The molecule has 1 aliphatic rings. The average molecular weight is 268 g/mol. The van der Waals surface area contributed by atoms with Crippen molar-refractivity contribution in [3.63, 3.8) is 0 Å². The van der Waals surface area contributed by atoms with E-state index in [0.29, 0.717) is 12.4 Å². The van der Waals surface area contributed by atoms with Crippen molar-refractivity contribution in [2.75, 3.05) is 13.7 Å². The molecule has 1 atom stereocenters. The Kier molecular flexibility index (Phi) is 4.27. The molecule has 17 heavy (non-hydrogen) atoms. The number of alkyl halides is 3. The Balaban J connectivity index is 0.00000144. The van der Waals surface area contributed by atoms with E-state index in [4.69, 9.17) is 4.74 Å². The van der Waals surface area contributed by atoms with Gasteiger partial charge < -0.3 is 10.1 Å². The molecule has 6 heteroatoms. The predicted octanol–water partition coefficient (Wildman–Crippen LogP) is 3.17. The van der Waals surface area contributed by atoms with Crippen LogP contribution in [0.5, 0.6) is 5.75 Å². The maximum atomic E-state index is 12.5. The van der Waals surface area contributed by atoms with Crippen LogP contribution in [0.4, 0.5) is 13.2 Å². The Hall–Kier alpha value is -0.940. The summed E-state index contributed by atoms with van der Waals surface area (Å²) in [4.78, 5) is 0. The second-order valence-corrected chi connectivity index (χ2v) is 3.73. The molecule has 0 aromatic heterocycles. The number of hydrogen-bond donors (Lipinski definition) is 1. The molecule has 1 heterocycles. The number of nitrogens with one attached hydrogen (secondary N) is 1. The van der Waals surface area contributed by atoms with Crippen LogP contribution >= 0.6 is 12.4 Å². The Bertz CT molecular complexity index is 395. The fraction of sp³-hybridized carbons (Fsp3) is 0.455. The van der Waals surface area contributed by atoms with Crippen LogP contribution in [-0.4, -0.2) is 13.7 Å². The van der Waals surface area contributed by atoms with Crippen LogP contribution in [-0.2, 0) is 6.18 Å². The summed E-state index contributed by atoms with van der Waals surface area (Å²) in [5.74, 6) is 0.334. The second-order valence-electron chi connectivity index (χ2n) is 3.73. The molecule has 0 spiro atoms. The van der Waals surface area contributed by atoms with Gasteiger partial charge in [-0.05, 0) is 19.2 Å². The van der Waals surface area contributed by atoms with Gasteiger partial charge in [-0.25, -0.2) is 0 Å². The zero-order chi connectivity index (χ0) is 11.8. The third-order valence-corrected chi connectivity index (χ3v) is 2.73. The van der Waals surface area contributed by atoms with Crippen molar-refractivity contribution in [1.29, 1.82) is 0 Å². The minimum Gasteiger partial charge on any atom is -0.493 e. The molecule has 0 aliphatic carbocycles. The second kappa shape index (κ2) is 5.14. The number of rotatable bonds is 1. The molecule has 0 unspecified atom stereocenters. The van der Waals surface area contributed by atoms with E-state index in [-0.39, 0.29) is 18.4 Å². The smallest absolute Gasteiger partial charge is 0.416 e. The topological polar surface area (TPSA) is 21.3 Å². The standard InChI is InChI=1S/C11H12F3NO.ClH/c1-15-9-4-5-16-10-6-7(11(12,13)14)2-3-8(9)10;/h2-3,6,9,15H,4-5H2,1H3;1H/t9-;/m1./s1. The van der Waals surface area contributed by atoms with E-state index in [0.717, 1.165) is 24.1 Å². The van der Waals surface area contributed by atoms with Gasteiger partial charge in [-0.3, -0.25) is 0 Å². The monoisotopic (exact) mass is 267 g/mol. The first-order valence-corrected chi connectivity index (χ1v) is 5.03. The van der Waals surface area contributed by atoms with E-state index in [1.165, 1.54) is 6.07 Å². The van der Waals surface area contributed by atoms with Gasteiger partial charge in [-0.15, -0.1) is 12.4 Å². The summed E-state index contributed by atoms with van der Waals surface area (Å²) < 4.78 is 42.6. The van der Waals surface area contributed by atoms with Crippen LogP contribution in [0.2, 0.25) is 0 Å². The molecule has 0 bridgehead atoms. The fourth-order valence-corrected chi connectivity index (χ4v) is 1.87. The quantitative estimate of drug-likeness (QED) is 0.844. The van der Waals surface area contributed by atoms with Gasteiger partial charge in [0.05, 0.1) is 12.2 Å². The van der Waals surface area contributed by atoms with Crippen molar-refractivity contribution in [1.82, 2.24) is 5.32 Å². The number of benzene rings is 1. The maximum Gasteiger partial charge on any atom is 0.416 e. The summed E-state index contributed by atoms with van der Waals surface area (Å²) in [6.45, 7) is 0.444. The van der Waals surface area contributed by atoms with Crippen molar-refractivity contribution >= 4 is 12.4 Å². The van der Waals surface area contributed by atoms with E-state index >= 15 is 0 Å².